The second kappa shape index (κ2) is 7.92. The molecule has 1 fully saturated rings. The Morgan fingerprint density at radius 1 is 0.733 bits per heavy atom. The van der Waals surface area contributed by atoms with Crippen LogP contribution in [0.4, 0.5) is 10.3 Å². The molecule has 1 aliphatic rings. The fourth-order valence-electron chi connectivity index (χ4n) is 3.57. The normalized spacial score (nSPS) is 14.7. The van der Waals surface area contributed by atoms with Gasteiger partial charge in [-0.3, -0.25) is 0 Å². The molecule has 30 heavy (non-hydrogen) atoms. The number of hydrogen-bond donors (Lipinski definition) is 0. The van der Waals surface area contributed by atoms with Gasteiger partial charge >= 0.3 is 0 Å². The van der Waals surface area contributed by atoms with Crippen LogP contribution in [0.3, 0.4) is 0 Å². The van der Waals surface area contributed by atoms with Crippen LogP contribution in [0.2, 0.25) is 10.0 Å². The quantitative estimate of drug-likeness (QED) is 0.381. The standard InChI is InChI=1S/C20H18Cl2N4O2S2/c1-27-13-5-3-11(21)17-15(13)23-19(29-17)25-7-9-26(10-8-25)20-24-16-14(28-2)6-4-12(22)18(16)30-20/h3-6H,7-10H2,1-2H3. The molecule has 4 aromatic rings. The number of nitrogens with zero attached hydrogens (tertiary/aromatic N) is 4. The molecule has 10 heteroatoms. The number of anilines is 2. The molecule has 0 N–H and O–H groups in total. The second-order valence-electron chi connectivity index (χ2n) is 6.82. The predicted octanol–water partition coefficient (Wildman–Crippen LogP) is 5.56. The summed E-state index contributed by atoms with van der Waals surface area (Å²) in [5.41, 5.74) is 1.64. The third kappa shape index (κ3) is 3.32. The lowest BCUT2D eigenvalue weighted by Crippen LogP contribution is -2.46. The van der Waals surface area contributed by atoms with E-state index >= 15 is 0 Å². The summed E-state index contributed by atoms with van der Waals surface area (Å²) in [4.78, 5) is 14.2. The lowest BCUT2D eigenvalue weighted by Gasteiger charge is -2.34. The molecule has 3 heterocycles. The summed E-state index contributed by atoms with van der Waals surface area (Å²) in [5, 5.41) is 3.33. The highest BCUT2D eigenvalue weighted by atomic mass is 35.5. The molecule has 0 spiro atoms. The molecule has 156 valence electrons. The van der Waals surface area contributed by atoms with Gasteiger partial charge in [-0.1, -0.05) is 45.9 Å². The van der Waals surface area contributed by atoms with Crippen molar-refractivity contribution in [2.75, 3.05) is 50.2 Å². The van der Waals surface area contributed by atoms with E-state index in [0.29, 0.717) is 10.0 Å². The van der Waals surface area contributed by atoms with E-state index in [1.807, 2.05) is 24.3 Å². The largest absolute Gasteiger partial charge is 0.494 e. The molecule has 2 aromatic carbocycles. The Hall–Kier alpha value is -2.00. The van der Waals surface area contributed by atoms with E-state index in [4.69, 9.17) is 42.6 Å². The lowest BCUT2D eigenvalue weighted by molar-refractivity contribution is 0.419. The SMILES string of the molecule is COc1ccc(Cl)c2sc(N3CCN(c4nc5c(OC)ccc(Cl)c5s4)CC3)nc12. The van der Waals surface area contributed by atoms with Crippen molar-refractivity contribution in [2.45, 2.75) is 0 Å². The maximum atomic E-state index is 6.38. The number of ether oxygens (including phenoxy) is 2. The minimum absolute atomic E-state index is 0.702. The number of piperazine rings is 1. The average molecular weight is 481 g/mol. The summed E-state index contributed by atoms with van der Waals surface area (Å²) in [7, 11) is 3.31. The minimum atomic E-state index is 0.702. The number of thiazole rings is 2. The highest BCUT2D eigenvalue weighted by molar-refractivity contribution is 7.23. The summed E-state index contributed by atoms with van der Waals surface area (Å²) in [6.07, 6.45) is 0. The Morgan fingerprint density at radius 2 is 1.13 bits per heavy atom. The van der Waals surface area contributed by atoms with Crippen LogP contribution in [0, 0.1) is 0 Å². The average Bonchev–Trinajstić information content (AvgIpc) is 3.41. The zero-order valence-electron chi connectivity index (χ0n) is 16.3. The molecule has 2 aromatic heterocycles. The monoisotopic (exact) mass is 480 g/mol. The fourth-order valence-corrected chi connectivity index (χ4v) is 6.19. The molecule has 0 radical (unpaired) electrons. The zero-order chi connectivity index (χ0) is 20.8. The van der Waals surface area contributed by atoms with Crippen LogP contribution in [-0.2, 0) is 0 Å². The van der Waals surface area contributed by atoms with E-state index in [1.165, 1.54) is 0 Å². The number of benzene rings is 2. The van der Waals surface area contributed by atoms with Crippen LogP contribution in [-0.4, -0.2) is 50.4 Å². The van der Waals surface area contributed by atoms with Crippen molar-refractivity contribution < 1.29 is 9.47 Å². The molecular weight excluding hydrogens is 463 g/mol. The van der Waals surface area contributed by atoms with E-state index in [9.17, 15) is 0 Å². The van der Waals surface area contributed by atoms with Crippen LogP contribution < -0.4 is 19.3 Å². The van der Waals surface area contributed by atoms with Gasteiger partial charge in [0.25, 0.3) is 0 Å². The molecule has 0 amide bonds. The van der Waals surface area contributed by atoms with Crippen molar-refractivity contribution in [1.82, 2.24) is 9.97 Å². The Labute approximate surface area is 191 Å². The Balaban J connectivity index is 1.38. The van der Waals surface area contributed by atoms with Crippen LogP contribution in [0.1, 0.15) is 0 Å². The van der Waals surface area contributed by atoms with Crippen LogP contribution in [0.15, 0.2) is 24.3 Å². The molecule has 0 bridgehead atoms. The van der Waals surface area contributed by atoms with Crippen LogP contribution >= 0.6 is 45.9 Å². The van der Waals surface area contributed by atoms with Gasteiger partial charge in [-0.05, 0) is 24.3 Å². The molecule has 0 aliphatic carbocycles. The molecular formula is C20H18Cl2N4O2S2. The Bertz CT molecular complexity index is 1140. The van der Waals surface area contributed by atoms with Gasteiger partial charge in [-0.25, -0.2) is 9.97 Å². The molecule has 0 saturated carbocycles. The van der Waals surface area contributed by atoms with Gasteiger partial charge in [-0.15, -0.1) is 0 Å². The number of halogens is 2. The van der Waals surface area contributed by atoms with E-state index in [-0.39, 0.29) is 0 Å². The fraction of sp³-hybridized carbons (Fsp3) is 0.300. The second-order valence-corrected chi connectivity index (χ2v) is 9.59. The van der Waals surface area contributed by atoms with Gasteiger partial charge in [0, 0.05) is 26.2 Å². The van der Waals surface area contributed by atoms with Crippen molar-refractivity contribution in [3.8, 4) is 11.5 Å². The molecule has 0 atom stereocenters. The van der Waals surface area contributed by atoms with Crippen molar-refractivity contribution in [3.05, 3.63) is 34.3 Å². The molecule has 5 rings (SSSR count). The van der Waals surface area contributed by atoms with Crippen molar-refractivity contribution in [2.24, 2.45) is 0 Å². The molecule has 1 aliphatic heterocycles. The first kappa shape index (κ1) is 19.9. The summed E-state index contributed by atoms with van der Waals surface area (Å²) in [5.74, 6) is 1.49. The maximum Gasteiger partial charge on any atom is 0.186 e. The van der Waals surface area contributed by atoms with E-state index in [1.54, 1.807) is 36.9 Å². The number of aromatic nitrogens is 2. The molecule has 1 saturated heterocycles. The third-order valence-electron chi connectivity index (χ3n) is 5.15. The lowest BCUT2D eigenvalue weighted by atomic mass is 10.3. The van der Waals surface area contributed by atoms with E-state index in [2.05, 4.69) is 9.80 Å². The van der Waals surface area contributed by atoms with Gasteiger partial charge in [-0.2, -0.15) is 0 Å². The predicted molar refractivity (Wildman–Crippen MR) is 127 cm³/mol. The molecule has 0 unspecified atom stereocenters. The van der Waals surface area contributed by atoms with Gasteiger partial charge in [0.2, 0.25) is 0 Å². The van der Waals surface area contributed by atoms with Crippen molar-refractivity contribution in [3.63, 3.8) is 0 Å². The number of fused-ring (bicyclic) bond motifs is 2. The Morgan fingerprint density at radius 3 is 1.50 bits per heavy atom. The first-order valence-electron chi connectivity index (χ1n) is 9.35. The smallest absolute Gasteiger partial charge is 0.186 e. The van der Waals surface area contributed by atoms with Crippen molar-refractivity contribution >= 4 is 76.6 Å². The zero-order valence-corrected chi connectivity index (χ0v) is 19.5. The van der Waals surface area contributed by atoms with Crippen molar-refractivity contribution in [1.29, 1.82) is 0 Å². The van der Waals surface area contributed by atoms with E-state index in [0.717, 1.165) is 68.4 Å². The van der Waals surface area contributed by atoms with E-state index < -0.39 is 0 Å². The van der Waals surface area contributed by atoms with Gasteiger partial charge in [0.05, 0.1) is 33.7 Å². The number of rotatable bonds is 4. The topological polar surface area (TPSA) is 50.7 Å². The first-order valence-corrected chi connectivity index (χ1v) is 11.7. The van der Waals surface area contributed by atoms with Gasteiger partial charge in [0.15, 0.2) is 10.3 Å². The minimum Gasteiger partial charge on any atom is -0.494 e. The van der Waals surface area contributed by atoms with Gasteiger partial charge < -0.3 is 19.3 Å². The van der Waals surface area contributed by atoms with Crippen LogP contribution in [0.25, 0.3) is 20.4 Å². The summed E-state index contributed by atoms with van der Waals surface area (Å²) in [6, 6.07) is 7.43. The first-order chi connectivity index (χ1) is 14.6. The van der Waals surface area contributed by atoms with Gasteiger partial charge in [0.1, 0.15) is 22.5 Å². The number of hydrogen-bond acceptors (Lipinski definition) is 8. The maximum absolute atomic E-state index is 6.38. The van der Waals surface area contributed by atoms with Crippen LogP contribution in [0.5, 0.6) is 11.5 Å². The Kier molecular flexibility index (Phi) is 5.26. The number of methoxy groups -OCH3 is 2. The summed E-state index contributed by atoms with van der Waals surface area (Å²) >= 11 is 16.0. The summed E-state index contributed by atoms with van der Waals surface area (Å²) in [6.45, 7) is 3.39. The third-order valence-corrected chi connectivity index (χ3v) is 8.31. The summed E-state index contributed by atoms with van der Waals surface area (Å²) < 4.78 is 12.8. The highest BCUT2D eigenvalue weighted by Crippen LogP contribution is 2.41. The highest BCUT2D eigenvalue weighted by Gasteiger charge is 2.24. The molecule has 6 nitrogen and oxygen atoms in total.